The van der Waals surface area contributed by atoms with E-state index in [1.807, 2.05) is 34.6 Å². The molecule has 34 heavy (non-hydrogen) atoms. The predicted molar refractivity (Wildman–Crippen MR) is 140 cm³/mol. The van der Waals surface area contributed by atoms with E-state index >= 15 is 0 Å². The highest BCUT2D eigenvalue weighted by Gasteiger charge is 2.24. The fourth-order valence-electron chi connectivity index (χ4n) is 4.57. The molecule has 0 bridgehead atoms. The summed E-state index contributed by atoms with van der Waals surface area (Å²) < 4.78 is 31.0. The summed E-state index contributed by atoms with van der Waals surface area (Å²) in [6, 6.07) is 19.2. The largest absolute Gasteiger partial charge is 0.303 e. The number of anilines is 1. The summed E-state index contributed by atoms with van der Waals surface area (Å²) in [5, 5.41) is 0.639. The maximum atomic E-state index is 14.9. The molecule has 4 rings (SSSR count). The summed E-state index contributed by atoms with van der Waals surface area (Å²) in [4.78, 5) is 3.46. The van der Waals surface area contributed by atoms with Crippen molar-refractivity contribution in [2.45, 2.75) is 50.0 Å². The third-order valence-corrected chi connectivity index (χ3v) is 7.83. The van der Waals surface area contributed by atoms with Gasteiger partial charge >= 0.3 is 0 Å². The molecule has 3 aromatic rings. The zero-order valence-corrected chi connectivity index (χ0v) is 21.1. The van der Waals surface area contributed by atoms with Gasteiger partial charge in [0.05, 0.1) is 11.7 Å². The van der Waals surface area contributed by atoms with Crippen molar-refractivity contribution in [1.82, 2.24) is 4.90 Å². The molecule has 1 saturated heterocycles. The Hall–Kier alpha value is -2.08. The van der Waals surface area contributed by atoms with Crippen molar-refractivity contribution >= 4 is 29.2 Å². The zero-order valence-electron chi connectivity index (χ0n) is 19.5. The Morgan fingerprint density at radius 1 is 0.971 bits per heavy atom. The summed E-state index contributed by atoms with van der Waals surface area (Å²) in [7, 11) is 0. The molecule has 0 spiro atoms. The number of halogens is 3. The second kappa shape index (κ2) is 12.1. The van der Waals surface area contributed by atoms with E-state index in [2.05, 4.69) is 30.0 Å². The van der Waals surface area contributed by atoms with Crippen molar-refractivity contribution in [2.24, 2.45) is 0 Å². The number of hydrogen-bond donors (Lipinski definition) is 0. The summed E-state index contributed by atoms with van der Waals surface area (Å²) in [5.41, 5.74) is 2.62. The third kappa shape index (κ3) is 6.53. The van der Waals surface area contributed by atoms with Crippen LogP contribution in [0.15, 0.2) is 71.6 Å². The van der Waals surface area contributed by atoms with Crippen LogP contribution in [0, 0.1) is 11.6 Å². The van der Waals surface area contributed by atoms with Crippen LogP contribution >= 0.6 is 23.5 Å². The fraction of sp³-hybridized carbons (Fsp3) is 0.357. The van der Waals surface area contributed by atoms with Crippen LogP contribution in [0.2, 0.25) is 5.02 Å². The van der Waals surface area contributed by atoms with Gasteiger partial charge in [-0.15, -0.1) is 0 Å². The SMILES string of the molecule is CC(c1ccccc1CCCN1CCCCC1)N(Sc1ccc(Cl)cc1)c1cc(F)ccc1F. The number of piperidine rings is 1. The van der Waals surface area contributed by atoms with E-state index in [9.17, 15) is 8.78 Å². The van der Waals surface area contributed by atoms with Crippen molar-refractivity contribution < 1.29 is 8.78 Å². The van der Waals surface area contributed by atoms with Crippen LogP contribution in [0.1, 0.15) is 49.8 Å². The third-order valence-electron chi connectivity index (χ3n) is 6.39. The second-order valence-electron chi connectivity index (χ2n) is 8.85. The van der Waals surface area contributed by atoms with E-state index in [0.717, 1.165) is 35.9 Å². The topological polar surface area (TPSA) is 6.48 Å². The highest BCUT2D eigenvalue weighted by molar-refractivity contribution is 8.00. The Morgan fingerprint density at radius 2 is 1.71 bits per heavy atom. The van der Waals surface area contributed by atoms with Crippen LogP contribution in [0.25, 0.3) is 0 Å². The molecule has 2 nitrogen and oxygen atoms in total. The molecule has 1 aliphatic rings. The van der Waals surface area contributed by atoms with Gasteiger partial charge in [-0.1, -0.05) is 42.3 Å². The lowest BCUT2D eigenvalue weighted by atomic mass is 9.97. The monoisotopic (exact) mass is 500 g/mol. The zero-order chi connectivity index (χ0) is 23.9. The van der Waals surface area contributed by atoms with E-state index in [4.69, 9.17) is 11.6 Å². The van der Waals surface area contributed by atoms with Gasteiger partial charge in [0.2, 0.25) is 0 Å². The Balaban J connectivity index is 1.58. The molecule has 0 aliphatic carbocycles. The van der Waals surface area contributed by atoms with Gasteiger partial charge in [-0.25, -0.2) is 8.78 Å². The van der Waals surface area contributed by atoms with Crippen molar-refractivity contribution in [3.8, 4) is 0 Å². The van der Waals surface area contributed by atoms with Crippen LogP contribution in [0.5, 0.6) is 0 Å². The molecule has 0 amide bonds. The molecule has 0 radical (unpaired) electrons. The molecular formula is C28H31ClF2N2S. The first-order valence-electron chi connectivity index (χ1n) is 12.0. The van der Waals surface area contributed by atoms with Gasteiger partial charge in [0, 0.05) is 16.0 Å². The Kier molecular flexibility index (Phi) is 8.87. The minimum Gasteiger partial charge on any atom is -0.303 e. The molecule has 1 atom stereocenters. The quantitative estimate of drug-likeness (QED) is 0.273. The smallest absolute Gasteiger partial charge is 0.147 e. The van der Waals surface area contributed by atoms with Crippen LogP contribution in [-0.2, 0) is 6.42 Å². The number of aryl methyl sites for hydroxylation is 1. The van der Waals surface area contributed by atoms with E-state index in [1.165, 1.54) is 62.0 Å². The molecule has 0 aromatic heterocycles. The van der Waals surface area contributed by atoms with Gasteiger partial charge in [-0.2, -0.15) is 0 Å². The van der Waals surface area contributed by atoms with Gasteiger partial charge in [0.1, 0.15) is 11.6 Å². The van der Waals surface area contributed by atoms with Crippen LogP contribution in [0.4, 0.5) is 14.5 Å². The maximum Gasteiger partial charge on any atom is 0.147 e. The van der Waals surface area contributed by atoms with Crippen molar-refractivity contribution in [1.29, 1.82) is 0 Å². The first-order chi connectivity index (χ1) is 16.5. The highest BCUT2D eigenvalue weighted by atomic mass is 35.5. The van der Waals surface area contributed by atoms with Gasteiger partial charge < -0.3 is 9.21 Å². The number of likely N-dealkylation sites (tertiary alicyclic amines) is 1. The second-order valence-corrected chi connectivity index (χ2v) is 10.3. The Bertz CT molecular complexity index is 1070. The normalized spacial score (nSPS) is 15.3. The standard InChI is InChI=1S/C28H31ClF2N2S/c1-21(26-10-4-3-8-22(26)9-7-19-32-17-5-2-6-18-32)33(28-20-24(30)13-16-27(28)31)34-25-14-11-23(29)12-15-25/h3-4,8,10-16,20-21H,2,5-7,9,17-19H2,1H3. The maximum absolute atomic E-state index is 14.9. The van der Waals surface area contributed by atoms with E-state index < -0.39 is 11.6 Å². The number of rotatable bonds is 9. The van der Waals surface area contributed by atoms with Crippen LogP contribution in [-0.4, -0.2) is 24.5 Å². The summed E-state index contributed by atoms with van der Waals surface area (Å²) in [6.07, 6.45) is 5.98. The van der Waals surface area contributed by atoms with Gasteiger partial charge in [0.15, 0.2) is 0 Å². The Morgan fingerprint density at radius 3 is 2.47 bits per heavy atom. The molecule has 1 fully saturated rings. The Labute approximate surface area is 211 Å². The minimum absolute atomic E-state index is 0.178. The van der Waals surface area contributed by atoms with E-state index in [0.29, 0.717) is 5.02 Å². The molecule has 1 heterocycles. The van der Waals surface area contributed by atoms with Gasteiger partial charge in [-0.3, -0.25) is 0 Å². The lowest BCUT2D eigenvalue weighted by Gasteiger charge is -2.32. The highest BCUT2D eigenvalue weighted by Crippen LogP contribution is 2.40. The average molecular weight is 501 g/mol. The first kappa shape index (κ1) is 25.0. The minimum atomic E-state index is -0.458. The lowest BCUT2D eigenvalue weighted by molar-refractivity contribution is 0.226. The summed E-state index contributed by atoms with van der Waals surface area (Å²) in [5.74, 6) is -0.905. The number of nitrogens with zero attached hydrogens (tertiary/aromatic N) is 2. The fourth-order valence-corrected chi connectivity index (χ4v) is 5.69. The van der Waals surface area contributed by atoms with Crippen LogP contribution in [0.3, 0.4) is 0 Å². The number of hydrogen-bond acceptors (Lipinski definition) is 3. The molecule has 0 saturated carbocycles. The summed E-state index contributed by atoms with van der Waals surface area (Å²) in [6.45, 7) is 5.55. The molecule has 1 aliphatic heterocycles. The van der Waals surface area contributed by atoms with E-state index in [1.54, 1.807) is 0 Å². The molecule has 0 N–H and O–H groups in total. The number of benzene rings is 3. The molecular weight excluding hydrogens is 470 g/mol. The average Bonchev–Trinajstić information content (AvgIpc) is 2.86. The van der Waals surface area contributed by atoms with Crippen LogP contribution < -0.4 is 4.31 Å². The lowest BCUT2D eigenvalue weighted by Crippen LogP contribution is -2.30. The molecule has 1 unspecified atom stereocenters. The summed E-state index contributed by atoms with van der Waals surface area (Å²) >= 11 is 7.45. The van der Waals surface area contributed by atoms with Crippen molar-refractivity contribution in [2.75, 3.05) is 23.9 Å². The van der Waals surface area contributed by atoms with Crippen molar-refractivity contribution in [3.05, 3.63) is 94.5 Å². The predicted octanol–water partition coefficient (Wildman–Crippen LogP) is 8.31. The molecule has 6 heteroatoms. The van der Waals surface area contributed by atoms with Gasteiger partial charge in [0.25, 0.3) is 0 Å². The van der Waals surface area contributed by atoms with Crippen molar-refractivity contribution in [3.63, 3.8) is 0 Å². The van der Waals surface area contributed by atoms with Gasteiger partial charge in [-0.05, 0) is 112 Å². The first-order valence-corrected chi connectivity index (χ1v) is 13.1. The van der Waals surface area contributed by atoms with E-state index in [-0.39, 0.29) is 11.7 Å². The molecule has 3 aromatic carbocycles. The molecule has 180 valence electrons.